The van der Waals surface area contributed by atoms with Crippen LogP contribution in [0.25, 0.3) is 0 Å². The van der Waals surface area contributed by atoms with E-state index in [9.17, 15) is 4.79 Å². The van der Waals surface area contributed by atoms with Crippen molar-refractivity contribution in [3.05, 3.63) is 70.2 Å². The van der Waals surface area contributed by atoms with E-state index in [0.29, 0.717) is 0 Å². The molecule has 0 aromatic heterocycles. The van der Waals surface area contributed by atoms with Gasteiger partial charge in [0.15, 0.2) is 11.5 Å². The molecule has 5 heteroatoms. The van der Waals surface area contributed by atoms with Crippen molar-refractivity contribution < 1.29 is 4.79 Å². The van der Waals surface area contributed by atoms with Gasteiger partial charge in [0.05, 0.1) is 0 Å². The number of guanidine groups is 1. The molecule has 1 aliphatic heterocycles. The Morgan fingerprint density at radius 2 is 1.76 bits per heavy atom. The highest BCUT2D eigenvalue weighted by Crippen LogP contribution is 2.39. The Morgan fingerprint density at radius 1 is 1.10 bits per heavy atom. The summed E-state index contributed by atoms with van der Waals surface area (Å²) in [5, 5.41) is 0. The zero-order valence-corrected chi connectivity index (χ0v) is 13.0. The molecule has 2 N–H and O–H groups in total. The van der Waals surface area contributed by atoms with Crippen LogP contribution in [0, 0.1) is 0 Å². The maximum absolute atomic E-state index is 12.9. The number of amides is 1. The molecule has 0 radical (unpaired) electrons. The minimum Gasteiger partial charge on any atom is -0.369 e. The SMILES string of the molecule is CN1C(=O)[C@@](c2ccccc2)(c2cccc(Br)c2)N=C1N. The standard InChI is InChI=1S/C16H14BrN3O/c1-20-14(21)16(19-15(20)18,11-6-3-2-4-7-11)12-8-5-9-13(17)10-12/h2-10H,1H3,(H2,18,19)/t16-/m1/s1. The number of hydrogen-bond acceptors (Lipinski definition) is 3. The number of carbonyl (C=O) groups excluding carboxylic acids is 1. The van der Waals surface area contributed by atoms with Gasteiger partial charge < -0.3 is 5.73 Å². The summed E-state index contributed by atoms with van der Waals surface area (Å²) in [6.45, 7) is 0. The third kappa shape index (κ3) is 2.05. The number of benzene rings is 2. The summed E-state index contributed by atoms with van der Waals surface area (Å²) in [5.41, 5.74) is 6.39. The van der Waals surface area contributed by atoms with Gasteiger partial charge in [0, 0.05) is 11.5 Å². The maximum Gasteiger partial charge on any atom is 0.266 e. The highest BCUT2D eigenvalue weighted by Gasteiger charge is 2.49. The lowest BCUT2D eigenvalue weighted by Crippen LogP contribution is -2.41. The van der Waals surface area contributed by atoms with Gasteiger partial charge in [-0.25, -0.2) is 4.99 Å². The molecule has 0 saturated carbocycles. The lowest BCUT2D eigenvalue weighted by molar-refractivity contribution is -0.129. The van der Waals surface area contributed by atoms with Crippen LogP contribution in [-0.4, -0.2) is 23.8 Å². The van der Waals surface area contributed by atoms with Gasteiger partial charge >= 0.3 is 0 Å². The molecule has 1 amide bonds. The molecule has 2 aromatic rings. The van der Waals surface area contributed by atoms with Gasteiger partial charge in [-0.2, -0.15) is 0 Å². The fraction of sp³-hybridized carbons (Fsp3) is 0.125. The van der Waals surface area contributed by atoms with Crippen molar-refractivity contribution in [2.75, 3.05) is 7.05 Å². The lowest BCUT2D eigenvalue weighted by Gasteiger charge is -2.26. The normalized spacial score (nSPS) is 21.5. The van der Waals surface area contributed by atoms with Crippen molar-refractivity contribution in [1.82, 2.24) is 4.90 Å². The Balaban J connectivity index is 2.30. The van der Waals surface area contributed by atoms with Crippen molar-refractivity contribution in [2.24, 2.45) is 10.7 Å². The first-order valence-corrected chi connectivity index (χ1v) is 7.30. The molecule has 2 aromatic carbocycles. The highest BCUT2D eigenvalue weighted by molar-refractivity contribution is 9.10. The molecule has 0 bridgehead atoms. The molecule has 1 atom stereocenters. The number of aliphatic imine (C=N–C) groups is 1. The summed E-state index contributed by atoms with van der Waals surface area (Å²) in [6, 6.07) is 17.1. The van der Waals surface area contributed by atoms with E-state index < -0.39 is 5.54 Å². The summed E-state index contributed by atoms with van der Waals surface area (Å²) in [7, 11) is 1.64. The Morgan fingerprint density at radius 3 is 2.33 bits per heavy atom. The molecule has 106 valence electrons. The molecule has 0 unspecified atom stereocenters. The molecule has 0 fully saturated rings. The molecule has 0 spiro atoms. The number of nitrogens with two attached hydrogens (primary N) is 1. The third-order valence-corrected chi connectivity index (χ3v) is 4.17. The van der Waals surface area contributed by atoms with Crippen LogP contribution in [0.4, 0.5) is 0 Å². The van der Waals surface area contributed by atoms with Gasteiger partial charge in [-0.1, -0.05) is 58.4 Å². The summed E-state index contributed by atoms with van der Waals surface area (Å²) >= 11 is 3.45. The minimum absolute atomic E-state index is 0.149. The van der Waals surface area contributed by atoms with Crippen molar-refractivity contribution in [3.8, 4) is 0 Å². The quantitative estimate of drug-likeness (QED) is 0.910. The van der Waals surface area contributed by atoms with Gasteiger partial charge in [0.2, 0.25) is 0 Å². The Labute approximate surface area is 131 Å². The van der Waals surface area contributed by atoms with E-state index in [4.69, 9.17) is 5.73 Å². The predicted molar refractivity (Wildman–Crippen MR) is 85.8 cm³/mol. The predicted octanol–water partition coefficient (Wildman–Crippen LogP) is 2.48. The van der Waals surface area contributed by atoms with Gasteiger partial charge in [0.1, 0.15) is 0 Å². The molecule has 0 aliphatic carbocycles. The molecule has 1 heterocycles. The largest absolute Gasteiger partial charge is 0.369 e. The molecular weight excluding hydrogens is 330 g/mol. The van der Waals surface area contributed by atoms with E-state index in [2.05, 4.69) is 20.9 Å². The van der Waals surface area contributed by atoms with E-state index in [-0.39, 0.29) is 11.9 Å². The van der Waals surface area contributed by atoms with Crippen LogP contribution < -0.4 is 5.73 Å². The van der Waals surface area contributed by atoms with Crippen molar-refractivity contribution >= 4 is 27.8 Å². The van der Waals surface area contributed by atoms with E-state index in [0.717, 1.165) is 15.6 Å². The van der Waals surface area contributed by atoms with Crippen LogP contribution in [-0.2, 0) is 10.3 Å². The first-order valence-electron chi connectivity index (χ1n) is 6.51. The monoisotopic (exact) mass is 343 g/mol. The van der Waals surface area contributed by atoms with Gasteiger partial charge in [-0.15, -0.1) is 0 Å². The van der Waals surface area contributed by atoms with Gasteiger partial charge in [0.25, 0.3) is 5.91 Å². The van der Waals surface area contributed by atoms with Gasteiger partial charge in [-0.3, -0.25) is 9.69 Å². The summed E-state index contributed by atoms with van der Waals surface area (Å²) < 4.78 is 0.895. The van der Waals surface area contributed by atoms with Gasteiger partial charge in [-0.05, 0) is 23.3 Å². The zero-order valence-electron chi connectivity index (χ0n) is 11.5. The third-order valence-electron chi connectivity index (χ3n) is 3.67. The van der Waals surface area contributed by atoms with Crippen LogP contribution in [0.1, 0.15) is 11.1 Å². The maximum atomic E-state index is 12.9. The van der Waals surface area contributed by atoms with Crippen molar-refractivity contribution in [1.29, 1.82) is 0 Å². The topological polar surface area (TPSA) is 58.7 Å². The summed E-state index contributed by atoms with van der Waals surface area (Å²) in [4.78, 5) is 18.8. The zero-order chi connectivity index (χ0) is 15.0. The van der Waals surface area contributed by atoms with Crippen LogP contribution in [0.3, 0.4) is 0 Å². The fourth-order valence-electron chi connectivity index (χ4n) is 2.58. The lowest BCUT2D eigenvalue weighted by atomic mass is 9.83. The van der Waals surface area contributed by atoms with Crippen molar-refractivity contribution in [3.63, 3.8) is 0 Å². The van der Waals surface area contributed by atoms with Crippen molar-refractivity contribution in [2.45, 2.75) is 5.54 Å². The Kier molecular flexibility index (Phi) is 3.29. The Hall–Kier alpha value is -2.14. The van der Waals surface area contributed by atoms with E-state index in [1.165, 1.54) is 4.90 Å². The van der Waals surface area contributed by atoms with Crippen LogP contribution in [0.5, 0.6) is 0 Å². The molecule has 1 aliphatic rings. The first-order chi connectivity index (χ1) is 10.1. The van der Waals surface area contributed by atoms with E-state index in [1.54, 1.807) is 7.05 Å². The molecule has 21 heavy (non-hydrogen) atoms. The summed E-state index contributed by atoms with van der Waals surface area (Å²) in [6.07, 6.45) is 0. The second-order valence-corrected chi connectivity index (χ2v) is 5.84. The minimum atomic E-state index is -1.11. The molecule has 3 rings (SSSR count). The molecular formula is C16H14BrN3O. The van der Waals surface area contributed by atoms with E-state index in [1.807, 2.05) is 54.6 Å². The number of halogens is 1. The van der Waals surface area contributed by atoms with Crippen LogP contribution in [0.2, 0.25) is 0 Å². The fourth-order valence-corrected chi connectivity index (χ4v) is 2.98. The average Bonchev–Trinajstić information content (AvgIpc) is 2.73. The van der Waals surface area contributed by atoms with E-state index >= 15 is 0 Å². The number of hydrogen-bond donors (Lipinski definition) is 1. The smallest absolute Gasteiger partial charge is 0.266 e. The Bertz CT molecular complexity index is 729. The first kappa shape index (κ1) is 13.8. The number of nitrogens with zero attached hydrogens (tertiary/aromatic N) is 2. The van der Waals surface area contributed by atoms with Crippen LogP contribution in [0.15, 0.2) is 64.1 Å². The van der Waals surface area contributed by atoms with Crippen LogP contribution >= 0.6 is 15.9 Å². The summed E-state index contributed by atoms with van der Waals surface area (Å²) in [5.74, 6) is 0.0770. The second kappa shape index (κ2) is 5.00. The number of rotatable bonds is 2. The molecule has 4 nitrogen and oxygen atoms in total. The number of likely N-dealkylation sites (N-methyl/N-ethyl adjacent to an activating group) is 1. The molecule has 0 saturated heterocycles. The highest BCUT2D eigenvalue weighted by atomic mass is 79.9. The number of carbonyl (C=O) groups is 1. The second-order valence-electron chi connectivity index (χ2n) is 4.92. The average molecular weight is 344 g/mol.